The molecule has 1 saturated carbocycles. The lowest BCUT2D eigenvalue weighted by Gasteiger charge is -2.40. The third-order valence-electron chi connectivity index (χ3n) is 5.24. The van der Waals surface area contributed by atoms with Gasteiger partial charge in [0.1, 0.15) is 12.1 Å². The lowest BCUT2D eigenvalue weighted by molar-refractivity contribution is 0.395. The summed E-state index contributed by atoms with van der Waals surface area (Å²) in [4.78, 5) is 13.5. The minimum absolute atomic E-state index is 0.484. The van der Waals surface area contributed by atoms with E-state index < -0.39 is 0 Å². The molecule has 1 saturated heterocycles. The van der Waals surface area contributed by atoms with Crippen molar-refractivity contribution in [2.24, 2.45) is 0 Å². The highest BCUT2D eigenvalue weighted by molar-refractivity contribution is 5.52. The van der Waals surface area contributed by atoms with Crippen LogP contribution in [0.2, 0.25) is 0 Å². The van der Waals surface area contributed by atoms with Gasteiger partial charge in [-0.1, -0.05) is 6.07 Å². The monoisotopic (exact) mass is 349 g/mol. The fourth-order valence-electron chi connectivity index (χ4n) is 3.78. The average Bonchev–Trinajstić information content (AvgIpc) is 3.54. The maximum absolute atomic E-state index is 9.11. The zero-order chi connectivity index (χ0) is 17.9. The topological polar surface area (TPSA) is 65.3 Å². The predicted molar refractivity (Wildman–Crippen MR) is 100 cm³/mol. The Hall–Kier alpha value is -2.81. The van der Waals surface area contributed by atoms with Gasteiger partial charge in [0.05, 0.1) is 18.7 Å². The number of benzene rings is 1. The highest BCUT2D eigenvalue weighted by Gasteiger charge is 2.36. The first kappa shape index (κ1) is 16.6. The van der Waals surface area contributed by atoms with Crippen LogP contribution in [0.3, 0.4) is 0 Å². The molecule has 0 spiro atoms. The molecule has 0 bridgehead atoms. The quantitative estimate of drug-likeness (QED) is 0.827. The summed E-state index contributed by atoms with van der Waals surface area (Å²) >= 11 is 0. The summed E-state index contributed by atoms with van der Waals surface area (Å²) in [5, 5.41) is 9.11. The SMILES string of the molecule is COc1cc(N(C2CC2)C2CCN(c3cccc(C#N)c3)CC2)ncn1. The first-order chi connectivity index (χ1) is 12.8. The van der Waals surface area contributed by atoms with Gasteiger partial charge in [0.2, 0.25) is 5.88 Å². The third kappa shape index (κ3) is 3.43. The Bertz CT molecular complexity index is 806. The molecule has 1 aliphatic carbocycles. The third-order valence-corrected chi connectivity index (χ3v) is 5.24. The van der Waals surface area contributed by atoms with Crippen molar-refractivity contribution in [2.45, 2.75) is 37.8 Å². The van der Waals surface area contributed by atoms with Crippen molar-refractivity contribution in [3.8, 4) is 11.9 Å². The summed E-state index contributed by atoms with van der Waals surface area (Å²) in [6.07, 6.45) is 6.22. The summed E-state index contributed by atoms with van der Waals surface area (Å²) in [6, 6.07) is 13.1. The van der Waals surface area contributed by atoms with Crippen molar-refractivity contribution < 1.29 is 4.74 Å². The second-order valence-electron chi connectivity index (χ2n) is 6.94. The number of methoxy groups -OCH3 is 1. The summed E-state index contributed by atoms with van der Waals surface area (Å²) in [5.41, 5.74) is 1.86. The predicted octanol–water partition coefficient (Wildman–Crippen LogP) is 2.99. The van der Waals surface area contributed by atoms with E-state index in [1.54, 1.807) is 13.4 Å². The molecule has 1 aliphatic heterocycles. The number of nitrogens with zero attached hydrogens (tertiary/aromatic N) is 5. The maximum Gasteiger partial charge on any atom is 0.218 e. The molecule has 2 heterocycles. The van der Waals surface area contributed by atoms with Crippen molar-refractivity contribution in [1.29, 1.82) is 5.26 Å². The molecule has 2 aromatic rings. The van der Waals surface area contributed by atoms with Crippen molar-refractivity contribution in [3.05, 3.63) is 42.2 Å². The first-order valence-corrected chi connectivity index (χ1v) is 9.18. The average molecular weight is 349 g/mol. The Morgan fingerprint density at radius 3 is 2.58 bits per heavy atom. The normalized spacial score (nSPS) is 17.6. The van der Waals surface area contributed by atoms with Crippen LogP contribution in [0.1, 0.15) is 31.2 Å². The van der Waals surface area contributed by atoms with Crippen molar-refractivity contribution in [3.63, 3.8) is 0 Å². The fourth-order valence-corrected chi connectivity index (χ4v) is 3.78. The largest absolute Gasteiger partial charge is 0.481 e. The van der Waals surface area contributed by atoms with Crippen LogP contribution in [0, 0.1) is 11.3 Å². The molecular weight excluding hydrogens is 326 g/mol. The van der Waals surface area contributed by atoms with Gasteiger partial charge in [-0.3, -0.25) is 0 Å². The maximum atomic E-state index is 9.11. The first-order valence-electron chi connectivity index (χ1n) is 9.18. The lowest BCUT2D eigenvalue weighted by Crippen LogP contribution is -2.46. The Labute approximate surface area is 154 Å². The molecule has 4 rings (SSSR count). The molecule has 0 radical (unpaired) electrons. The summed E-state index contributed by atoms with van der Waals surface area (Å²) < 4.78 is 5.28. The van der Waals surface area contributed by atoms with Gasteiger partial charge in [-0.05, 0) is 43.9 Å². The van der Waals surface area contributed by atoms with E-state index >= 15 is 0 Å². The number of anilines is 2. The van der Waals surface area contributed by atoms with Crippen LogP contribution in [-0.2, 0) is 0 Å². The van der Waals surface area contributed by atoms with Crippen LogP contribution in [-0.4, -0.2) is 42.3 Å². The second-order valence-corrected chi connectivity index (χ2v) is 6.94. The molecule has 2 aliphatic rings. The fraction of sp³-hybridized carbons (Fsp3) is 0.450. The van der Waals surface area contributed by atoms with E-state index in [-0.39, 0.29) is 0 Å². The van der Waals surface area contributed by atoms with E-state index in [1.807, 2.05) is 24.3 Å². The van der Waals surface area contributed by atoms with Gasteiger partial charge in [0.15, 0.2) is 0 Å². The van der Waals surface area contributed by atoms with E-state index in [4.69, 9.17) is 10.00 Å². The molecule has 6 nitrogen and oxygen atoms in total. The summed E-state index contributed by atoms with van der Waals surface area (Å²) in [5.74, 6) is 1.59. The Morgan fingerprint density at radius 2 is 1.88 bits per heavy atom. The highest BCUT2D eigenvalue weighted by atomic mass is 16.5. The molecule has 1 aromatic carbocycles. The van der Waals surface area contributed by atoms with E-state index in [9.17, 15) is 0 Å². The minimum atomic E-state index is 0.484. The molecule has 0 unspecified atom stereocenters. The highest BCUT2D eigenvalue weighted by Crippen LogP contribution is 2.36. The molecule has 0 N–H and O–H groups in total. The zero-order valence-corrected chi connectivity index (χ0v) is 15.0. The van der Waals surface area contributed by atoms with Crippen LogP contribution >= 0.6 is 0 Å². The van der Waals surface area contributed by atoms with Gasteiger partial charge in [0.25, 0.3) is 0 Å². The van der Waals surface area contributed by atoms with Gasteiger partial charge in [-0.2, -0.15) is 5.26 Å². The number of rotatable bonds is 5. The molecule has 0 atom stereocenters. The van der Waals surface area contributed by atoms with Crippen LogP contribution in [0.25, 0.3) is 0 Å². The van der Waals surface area contributed by atoms with Crippen molar-refractivity contribution >= 4 is 11.5 Å². The van der Waals surface area contributed by atoms with Gasteiger partial charge >= 0.3 is 0 Å². The Morgan fingerprint density at radius 1 is 1.12 bits per heavy atom. The lowest BCUT2D eigenvalue weighted by atomic mass is 10.0. The van der Waals surface area contributed by atoms with Gasteiger partial charge in [-0.25, -0.2) is 9.97 Å². The van der Waals surface area contributed by atoms with Crippen LogP contribution in [0.5, 0.6) is 5.88 Å². The van der Waals surface area contributed by atoms with Gasteiger partial charge in [0, 0.05) is 36.9 Å². The number of hydrogen-bond donors (Lipinski definition) is 0. The molecule has 2 fully saturated rings. The minimum Gasteiger partial charge on any atom is -0.481 e. The molecule has 26 heavy (non-hydrogen) atoms. The van der Waals surface area contributed by atoms with Crippen LogP contribution in [0.4, 0.5) is 11.5 Å². The molecule has 1 aromatic heterocycles. The van der Waals surface area contributed by atoms with Crippen molar-refractivity contribution in [1.82, 2.24) is 9.97 Å². The Kier molecular flexibility index (Phi) is 4.61. The molecule has 6 heteroatoms. The number of hydrogen-bond acceptors (Lipinski definition) is 6. The van der Waals surface area contributed by atoms with E-state index in [2.05, 4.69) is 31.9 Å². The van der Waals surface area contributed by atoms with E-state index in [0.717, 1.165) is 43.0 Å². The van der Waals surface area contributed by atoms with Crippen molar-refractivity contribution in [2.75, 3.05) is 30.0 Å². The summed E-state index contributed by atoms with van der Waals surface area (Å²) in [6.45, 7) is 1.98. The molecule has 0 amide bonds. The van der Waals surface area contributed by atoms with Crippen LogP contribution < -0.4 is 14.5 Å². The van der Waals surface area contributed by atoms with E-state index in [1.165, 1.54) is 12.8 Å². The number of piperidine rings is 1. The molecule has 134 valence electrons. The smallest absolute Gasteiger partial charge is 0.218 e. The zero-order valence-electron chi connectivity index (χ0n) is 15.0. The summed E-state index contributed by atoms with van der Waals surface area (Å²) in [7, 11) is 1.64. The molecular formula is C20H23N5O. The number of nitriles is 1. The number of aromatic nitrogens is 2. The van der Waals surface area contributed by atoms with E-state index in [0.29, 0.717) is 18.0 Å². The Balaban J connectivity index is 1.47. The standard InChI is InChI=1S/C20H23N5O/c1-26-20-12-19(22-14-23-20)25(16-5-6-16)17-7-9-24(10-8-17)18-4-2-3-15(11-18)13-21/h2-4,11-12,14,16-17H,5-10H2,1H3. The second kappa shape index (κ2) is 7.20. The van der Waals surface area contributed by atoms with Crippen LogP contribution in [0.15, 0.2) is 36.7 Å². The van der Waals surface area contributed by atoms with Gasteiger partial charge < -0.3 is 14.5 Å². The number of ether oxygens (including phenoxy) is 1. The van der Waals surface area contributed by atoms with Gasteiger partial charge in [-0.15, -0.1) is 0 Å².